The van der Waals surface area contributed by atoms with Gasteiger partial charge in [-0.2, -0.15) is 10.5 Å². The summed E-state index contributed by atoms with van der Waals surface area (Å²) in [6, 6.07) is 15.1. The number of nitriles is 2. The molecule has 0 bridgehead atoms. The largest absolute Gasteiger partial charge is 0.383 e. The van der Waals surface area contributed by atoms with Gasteiger partial charge in [0.15, 0.2) is 0 Å². The number of pyridine rings is 1. The lowest BCUT2D eigenvalue weighted by atomic mass is 10.0. The molecule has 3 aromatic heterocycles. The summed E-state index contributed by atoms with van der Waals surface area (Å²) in [5.74, 6) is -0.0471. The van der Waals surface area contributed by atoms with Crippen molar-refractivity contribution in [2.24, 2.45) is 0 Å². The van der Waals surface area contributed by atoms with Crippen molar-refractivity contribution in [3.05, 3.63) is 70.9 Å². The first-order valence-corrected chi connectivity index (χ1v) is 14.6. The number of anilines is 3. The summed E-state index contributed by atoms with van der Waals surface area (Å²) in [7, 11) is -3.91. The predicted octanol–water partition coefficient (Wildman–Crippen LogP) is 4.16. The zero-order valence-corrected chi connectivity index (χ0v) is 22.8. The van der Waals surface area contributed by atoms with Crippen molar-refractivity contribution in [3.8, 4) is 22.6 Å². The third-order valence-electron chi connectivity index (χ3n) is 5.22. The van der Waals surface area contributed by atoms with Crippen LogP contribution in [0.1, 0.15) is 23.2 Å². The fraction of sp³-hybridized carbons (Fsp3) is 0.120. The average Bonchev–Trinajstić information content (AvgIpc) is 3.43. The number of nitrogens with zero attached hydrogens (tertiary/aromatic N) is 5. The lowest BCUT2D eigenvalue weighted by molar-refractivity contribution is -0.115. The van der Waals surface area contributed by atoms with Gasteiger partial charge in [0.2, 0.25) is 11.9 Å². The zero-order chi connectivity index (χ0) is 28.0. The van der Waals surface area contributed by atoms with E-state index in [0.29, 0.717) is 22.0 Å². The van der Waals surface area contributed by atoms with Crippen LogP contribution >= 0.6 is 23.1 Å². The van der Waals surface area contributed by atoms with Gasteiger partial charge in [0.05, 0.1) is 10.5 Å². The molecular formula is C25H20N8O3S3. The van der Waals surface area contributed by atoms with Crippen LogP contribution in [-0.4, -0.2) is 35.0 Å². The van der Waals surface area contributed by atoms with Crippen molar-refractivity contribution >= 4 is 56.5 Å². The molecule has 0 aliphatic carbocycles. The molecule has 4 aromatic rings. The topological polar surface area (TPSA) is 188 Å². The van der Waals surface area contributed by atoms with E-state index in [4.69, 9.17) is 5.73 Å². The second-order valence-corrected chi connectivity index (χ2v) is 11.6. The van der Waals surface area contributed by atoms with Gasteiger partial charge in [-0.3, -0.25) is 4.79 Å². The number of thioether (sulfide) groups is 1. The smallest absolute Gasteiger partial charge is 0.264 e. The van der Waals surface area contributed by atoms with Gasteiger partial charge in [0.1, 0.15) is 28.5 Å². The van der Waals surface area contributed by atoms with E-state index in [1.54, 1.807) is 19.1 Å². The van der Waals surface area contributed by atoms with E-state index < -0.39 is 10.0 Å². The first-order chi connectivity index (χ1) is 18.7. The monoisotopic (exact) mass is 576 g/mol. The highest BCUT2D eigenvalue weighted by Gasteiger charge is 2.21. The summed E-state index contributed by atoms with van der Waals surface area (Å²) in [4.78, 5) is 25.4. The van der Waals surface area contributed by atoms with Crippen LogP contribution < -0.4 is 15.8 Å². The number of nitrogen functional groups attached to an aromatic ring is 1. The first-order valence-electron chi connectivity index (χ1n) is 11.2. The summed E-state index contributed by atoms with van der Waals surface area (Å²) in [5.41, 5.74) is 7.84. The maximum absolute atomic E-state index is 12.6. The minimum atomic E-state index is -3.91. The number of carbonyl (C=O) groups is 1. The number of nitrogens with two attached hydrogens (primary N) is 1. The molecule has 3 heterocycles. The van der Waals surface area contributed by atoms with Crippen LogP contribution in [0.15, 0.2) is 64.0 Å². The van der Waals surface area contributed by atoms with Gasteiger partial charge < -0.3 is 11.1 Å². The second-order valence-electron chi connectivity index (χ2n) is 7.93. The molecule has 0 spiro atoms. The van der Waals surface area contributed by atoms with Crippen molar-refractivity contribution in [2.45, 2.75) is 23.3 Å². The van der Waals surface area contributed by atoms with Crippen molar-refractivity contribution in [1.29, 1.82) is 10.5 Å². The highest BCUT2D eigenvalue weighted by molar-refractivity contribution is 7.99. The molecule has 0 fully saturated rings. The lowest BCUT2D eigenvalue weighted by Crippen LogP contribution is -2.16. The van der Waals surface area contributed by atoms with Gasteiger partial charge in [-0.1, -0.05) is 6.07 Å². The summed E-state index contributed by atoms with van der Waals surface area (Å²) in [5, 5.41) is 24.2. The molecule has 0 saturated heterocycles. The Labute approximate surface area is 232 Å². The Morgan fingerprint density at radius 3 is 2.49 bits per heavy atom. The highest BCUT2D eigenvalue weighted by atomic mass is 32.2. The van der Waals surface area contributed by atoms with E-state index in [-0.39, 0.29) is 45.9 Å². The molecule has 0 radical (unpaired) electrons. The number of benzene rings is 1. The van der Waals surface area contributed by atoms with Crippen LogP contribution in [0.25, 0.3) is 10.4 Å². The Morgan fingerprint density at radius 2 is 1.85 bits per heavy atom. The fourth-order valence-electron chi connectivity index (χ4n) is 3.43. The van der Waals surface area contributed by atoms with Crippen molar-refractivity contribution in [3.63, 3.8) is 0 Å². The normalized spacial score (nSPS) is 10.8. The number of carbonyl (C=O) groups excluding carboxylic acids is 1. The number of hydrogen-bond donors (Lipinski definition) is 3. The molecule has 1 amide bonds. The first kappa shape index (κ1) is 27.5. The number of hydrogen-bond acceptors (Lipinski definition) is 11. The van der Waals surface area contributed by atoms with E-state index in [9.17, 15) is 23.7 Å². The van der Waals surface area contributed by atoms with Crippen molar-refractivity contribution in [1.82, 2.24) is 15.0 Å². The van der Waals surface area contributed by atoms with Crippen LogP contribution in [0.3, 0.4) is 0 Å². The van der Waals surface area contributed by atoms with Crippen LogP contribution in [-0.2, 0) is 14.8 Å². The zero-order valence-electron chi connectivity index (χ0n) is 20.4. The van der Waals surface area contributed by atoms with Gasteiger partial charge in [-0.15, -0.1) is 23.1 Å². The summed E-state index contributed by atoms with van der Waals surface area (Å²) in [6.07, 6.45) is 1.53. The summed E-state index contributed by atoms with van der Waals surface area (Å²) >= 11 is 2.56. The molecule has 11 nitrogen and oxygen atoms in total. The molecule has 0 atom stereocenters. The Hall–Kier alpha value is -4.50. The lowest BCUT2D eigenvalue weighted by Gasteiger charge is -2.12. The molecule has 4 rings (SSSR count). The van der Waals surface area contributed by atoms with E-state index in [2.05, 4.69) is 31.1 Å². The third-order valence-corrected chi connectivity index (χ3v) is 8.43. The van der Waals surface area contributed by atoms with Gasteiger partial charge in [0, 0.05) is 40.2 Å². The van der Waals surface area contributed by atoms with Crippen LogP contribution in [0.5, 0.6) is 0 Å². The maximum Gasteiger partial charge on any atom is 0.264 e. The molecule has 14 heteroatoms. The van der Waals surface area contributed by atoms with Gasteiger partial charge in [0.25, 0.3) is 10.0 Å². The van der Waals surface area contributed by atoms with Gasteiger partial charge >= 0.3 is 0 Å². The molecule has 0 unspecified atom stereocenters. The number of thiophene rings is 1. The molecule has 0 aliphatic rings. The molecule has 1 aromatic carbocycles. The van der Waals surface area contributed by atoms with E-state index in [1.807, 2.05) is 17.5 Å². The number of rotatable bonds is 9. The molecule has 0 aliphatic heterocycles. The minimum absolute atomic E-state index is 0.0174. The number of amides is 1. The number of nitrogens with one attached hydrogen (secondary N) is 2. The molecular weight excluding hydrogens is 557 g/mol. The number of aromatic nitrogens is 3. The number of aryl methyl sites for hydroxylation is 1. The standard InChI is InChI=1S/C25H20N8O3S3/c1-15-8-10-29-25(30-15)33-39(35,36)17-6-4-16(5-7-17)31-21(34)9-12-38-24-19(14-27)22(20-3-2-11-37-20)18(13-26)23(28)32-24/h2-8,10-11H,9,12H2,1H3,(H2,28,32)(H,31,34)(H,29,30,33). The predicted molar refractivity (Wildman–Crippen MR) is 149 cm³/mol. The van der Waals surface area contributed by atoms with Crippen LogP contribution in [0.4, 0.5) is 17.5 Å². The maximum atomic E-state index is 12.6. The summed E-state index contributed by atoms with van der Waals surface area (Å²) in [6.45, 7) is 1.72. The van der Waals surface area contributed by atoms with Crippen LogP contribution in [0.2, 0.25) is 0 Å². The Kier molecular flexibility index (Phi) is 8.41. The Balaban J connectivity index is 1.39. The highest BCUT2D eigenvalue weighted by Crippen LogP contribution is 2.37. The minimum Gasteiger partial charge on any atom is -0.383 e. The van der Waals surface area contributed by atoms with E-state index in [0.717, 1.165) is 4.88 Å². The molecule has 0 saturated carbocycles. The fourth-order valence-corrected chi connectivity index (χ4v) is 6.10. The third kappa shape index (κ3) is 6.50. The molecule has 196 valence electrons. The van der Waals surface area contributed by atoms with Crippen molar-refractivity contribution < 1.29 is 13.2 Å². The van der Waals surface area contributed by atoms with Crippen molar-refractivity contribution in [2.75, 3.05) is 21.5 Å². The molecule has 4 N–H and O–H groups in total. The SMILES string of the molecule is Cc1ccnc(NS(=O)(=O)c2ccc(NC(=O)CCSc3nc(N)c(C#N)c(-c4cccs4)c3C#N)cc2)n1. The van der Waals surface area contributed by atoms with Gasteiger partial charge in [-0.25, -0.2) is 28.1 Å². The molecule has 39 heavy (non-hydrogen) atoms. The van der Waals surface area contributed by atoms with Gasteiger partial charge in [-0.05, 0) is 48.7 Å². The Morgan fingerprint density at radius 1 is 1.10 bits per heavy atom. The average molecular weight is 577 g/mol. The Bertz CT molecular complexity index is 1710. The number of sulfonamides is 1. The van der Waals surface area contributed by atoms with E-state index >= 15 is 0 Å². The summed E-state index contributed by atoms with van der Waals surface area (Å²) < 4.78 is 27.5. The van der Waals surface area contributed by atoms with Crippen LogP contribution in [0, 0.1) is 29.6 Å². The second kappa shape index (κ2) is 11.9. The van der Waals surface area contributed by atoms with E-state index in [1.165, 1.54) is 53.6 Å². The quantitative estimate of drug-likeness (QED) is 0.244.